The summed E-state index contributed by atoms with van der Waals surface area (Å²) >= 11 is 0. The van der Waals surface area contributed by atoms with Gasteiger partial charge in [-0.3, -0.25) is 0 Å². The van der Waals surface area contributed by atoms with E-state index in [0.29, 0.717) is 12.1 Å². The predicted molar refractivity (Wildman–Crippen MR) is 68.4 cm³/mol. The maximum absolute atomic E-state index is 13.7. The van der Waals surface area contributed by atoms with Crippen molar-refractivity contribution < 1.29 is 9.50 Å². The number of rotatable bonds is 4. The van der Waals surface area contributed by atoms with E-state index in [9.17, 15) is 4.39 Å². The summed E-state index contributed by atoms with van der Waals surface area (Å²) in [6.45, 7) is 4.00. The molecule has 1 N–H and O–H groups in total. The zero-order valence-corrected chi connectivity index (χ0v) is 10.7. The van der Waals surface area contributed by atoms with E-state index in [0.717, 1.165) is 23.4 Å². The second-order valence-electron chi connectivity index (χ2n) is 4.34. The second-order valence-corrected chi connectivity index (χ2v) is 4.34. The third-order valence-corrected chi connectivity index (χ3v) is 3.11. The van der Waals surface area contributed by atoms with Crippen molar-refractivity contribution in [3.8, 4) is 5.69 Å². The Bertz CT molecular complexity index is 549. The van der Waals surface area contributed by atoms with Gasteiger partial charge in [0.1, 0.15) is 11.5 Å². The van der Waals surface area contributed by atoms with Crippen molar-refractivity contribution in [2.24, 2.45) is 0 Å². The van der Waals surface area contributed by atoms with Gasteiger partial charge in [0.25, 0.3) is 0 Å². The molecule has 1 heterocycles. The average molecular weight is 248 g/mol. The summed E-state index contributed by atoms with van der Waals surface area (Å²) in [5.74, 6) is -0.281. The van der Waals surface area contributed by atoms with Crippen molar-refractivity contribution in [3.05, 3.63) is 47.0 Å². The maximum Gasteiger partial charge on any atom is 0.148 e. The Hall–Kier alpha value is -1.68. The molecule has 3 nitrogen and oxygen atoms in total. The molecule has 0 spiro atoms. The summed E-state index contributed by atoms with van der Waals surface area (Å²) in [6, 6.07) is 6.60. The smallest absolute Gasteiger partial charge is 0.148 e. The lowest BCUT2D eigenvalue weighted by Crippen LogP contribution is -2.02. The number of aliphatic hydroxyl groups is 1. The molecule has 0 radical (unpaired) electrons. The largest absolute Gasteiger partial charge is 0.396 e. The summed E-state index contributed by atoms with van der Waals surface area (Å²) in [5.41, 5.74) is 3.39. The maximum atomic E-state index is 13.7. The summed E-state index contributed by atoms with van der Waals surface area (Å²) in [6.07, 6.45) is 1.47. The quantitative estimate of drug-likeness (QED) is 0.903. The molecular formula is C14H17FN2O. The molecule has 2 rings (SSSR count). The summed E-state index contributed by atoms with van der Waals surface area (Å²) in [4.78, 5) is 0. The third kappa shape index (κ3) is 2.29. The highest BCUT2D eigenvalue weighted by molar-refractivity contribution is 5.38. The molecule has 0 unspecified atom stereocenters. The molecule has 0 aliphatic carbocycles. The highest BCUT2D eigenvalue weighted by atomic mass is 19.1. The van der Waals surface area contributed by atoms with Crippen LogP contribution in [0.15, 0.2) is 24.3 Å². The molecule has 1 aromatic heterocycles. The van der Waals surface area contributed by atoms with Gasteiger partial charge in [0, 0.05) is 12.3 Å². The lowest BCUT2D eigenvalue weighted by atomic mass is 10.1. The Morgan fingerprint density at radius 3 is 2.67 bits per heavy atom. The van der Waals surface area contributed by atoms with Crippen molar-refractivity contribution in [1.29, 1.82) is 0 Å². The van der Waals surface area contributed by atoms with Gasteiger partial charge in [-0.15, -0.1) is 0 Å². The van der Waals surface area contributed by atoms with Gasteiger partial charge in [-0.2, -0.15) is 5.10 Å². The molecule has 4 heteroatoms. The molecule has 0 saturated heterocycles. The van der Waals surface area contributed by atoms with Gasteiger partial charge < -0.3 is 5.11 Å². The molecule has 18 heavy (non-hydrogen) atoms. The van der Waals surface area contributed by atoms with Crippen molar-refractivity contribution >= 4 is 0 Å². The molecule has 0 bridgehead atoms. The Labute approximate surface area is 106 Å². The van der Waals surface area contributed by atoms with Crippen LogP contribution >= 0.6 is 0 Å². The lowest BCUT2D eigenvalue weighted by Gasteiger charge is -2.06. The number of para-hydroxylation sites is 1. The number of hydrogen-bond donors (Lipinski definition) is 1. The summed E-state index contributed by atoms with van der Waals surface area (Å²) in [7, 11) is 0. The minimum Gasteiger partial charge on any atom is -0.396 e. The monoisotopic (exact) mass is 248 g/mol. The Balaban J connectivity index is 2.44. The normalized spacial score (nSPS) is 10.9. The van der Waals surface area contributed by atoms with Crippen molar-refractivity contribution in [3.63, 3.8) is 0 Å². The minimum absolute atomic E-state index is 0.157. The van der Waals surface area contributed by atoms with Gasteiger partial charge in [-0.25, -0.2) is 9.07 Å². The molecule has 0 amide bonds. The van der Waals surface area contributed by atoms with Crippen LogP contribution in [0.25, 0.3) is 5.69 Å². The third-order valence-electron chi connectivity index (χ3n) is 3.11. The number of aryl methyl sites for hydroxylation is 1. The number of halogens is 1. The number of benzene rings is 1. The molecule has 96 valence electrons. The molecular weight excluding hydrogens is 231 g/mol. The van der Waals surface area contributed by atoms with Crippen molar-refractivity contribution in [2.45, 2.75) is 26.7 Å². The molecule has 2 aromatic rings. The molecule has 0 atom stereocenters. The minimum atomic E-state index is -0.281. The van der Waals surface area contributed by atoms with E-state index in [1.807, 2.05) is 13.8 Å². The van der Waals surface area contributed by atoms with Gasteiger partial charge in [-0.1, -0.05) is 12.1 Å². The van der Waals surface area contributed by atoms with Gasteiger partial charge in [0.05, 0.1) is 5.69 Å². The van der Waals surface area contributed by atoms with Gasteiger partial charge in [-0.05, 0) is 44.4 Å². The van der Waals surface area contributed by atoms with Gasteiger partial charge >= 0.3 is 0 Å². The first kappa shape index (κ1) is 12.8. The van der Waals surface area contributed by atoms with Crippen LogP contribution in [0.1, 0.15) is 23.4 Å². The van der Waals surface area contributed by atoms with E-state index in [2.05, 4.69) is 5.10 Å². The molecule has 0 fully saturated rings. The standard InChI is InChI=1S/C14H17FN2O/c1-10-12(6-5-9-18)11(2)17(16-10)14-8-4-3-7-13(14)15/h3-4,7-8,18H,5-6,9H2,1-2H3. The summed E-state index contributed by atoms with van der Waals surface area (Å²) < 4.78 is 15.4. The van der Waals surface area contributed by atoms with E-state index in [1.54, 1.807) is 22.9 Å². The number of aromatic nitrogens is 2. The zero-order valence-electron chi connectivity index (χ0n) is 10.7. The Morgan fingerprint density at radius 1 is 1.28 bits per heavy atom. The predicted octanol–water partition coefficient (Wildman–Crippen LogP) is 2.55. The number of nitrogens with zero attached hydrogens (tertiary/aromatic N) is 2. The van der Waals surface area contributed by atoms with E-state index in [4.69, 9.17) is 5.11 Å². The van der Waals surface area contributed by atoms with Crippen LogP contribution < -0.4 is 0 Å². The zero-order chi connectivity index (χ0) is 13.1. The number of hydrogen-bond acceptors (Lipinski definition) is 2. The van der Waals surface area contributed by atoms with Crippen LogP contribution in [-0.2, 0) is 6.42 Å². The fourth-order valence-electron chi connectivity index (χ4n) is 2.15. The molecule has 0 saturated carbocycles. The first-order valence-electron chi connectivity index (χ1n) is 6.06. The fraction of sp³-hybridized carbons (Fsp3) is 0.357. The highest BCUT2D eigenvalue weighted by Crippen LogP contribution is 2.20. The molecule has 0 aliphatic rings. The Morgan fingerprint density at radius 2 is 2.00 bits per heavy atom. The number of aliphatic hydroxyl groups excluding tert-OH is 1. The molecule has 0 aliphatic heterocycles. The SMILES string of the molecule is Cc1nn(-c2ccccc2F)c(C)c1CCCO. The van der Waals surface area contributed by atoms with Crippen LogP contribution in [-0.4, -0.2) is 21.5 Å². The second kappa shape index (κ2) is 5.31. The molecule has 1 aromatic carbocycles. The van der Waals surface area contributed by atoms with Crippen LogP contribution in [0.4, 0.5) is 4.39 Å². The van der Waals surface area contributed by atoms with E-state index in [1.165, 1.54) is 6.07 Å². The lowest BCUT2D eigenvalue weighted by molar-refractivity contribution is 0.288. The van der Waals surface area contributed by atoms with Crippen molar-refractivity contribution in [2.75, 3.05) is 6.61 Å². The fourth-order valence-corrected chi connectivity index (χ4v) is 2.15. The van der Waals surface area contributed by atoms with Crippen molar-refractivity contribution in [1.82, 2.24) is 9.78 Å². The first-order valence-corrected chi connectivity index (χ1v) is 6.06. The van der Waals surface area contributed by atoms with E-state index < -0.39 is 0 Å². The highest BCUT2D eigenvalue weighted by Gasteiger charge is 2.14. The van der Waals surface area contributed by atoms with Crippen LogP contribution in [0.3, 0.4) is 0 Å². The first-order chi connectivity index (χ1) is 8.65. The van der Waals surface area contributed by atoms with Gasteiger partial charge in [0.15, 0.2) is 0 Å². The van der Waals surface area contributed by atoms with Gasteiger partial charge in [0.2, 0.25) is 0 Å². The van der Waals surface area contributed by atoms with Crippen LogP contribution in [0, 0.1) is 19.7 Å². The van der Waals surface area contributed by atoms with E-state index in [-0.39, 0.29) is 12.4 Å². The van der Waals surface area contributed by atoms with Crippen LogP contribution in [0.2, 0.25) is 0 Å². The van der Waals surface area contributed by atoms with Crippen LogP contribution in [0.5, 0.6) is 0 Å². The summed E-state index contributed by atoms with van der Waals surface area (Å²) in [5, 5.41) is 13.3. The van der Waals surface area contributed by atoms with E-state index >= 15 is 0 Å². The topological polar surface area (TPSA) is 38.0 Å². The Kier molecular flexibility index (Phi) is 3.77. The average Bonchev–Trinajstić information content (AvgIpc) is 2.63.